The molecule has 1 amide bonds. The fourth-order valence-corrected chi connectivity index (χ4v) is 3.53. The summed E-state index contributed by atoms with van der Waals surface area (Å²) in [6, 6.07) is 5.35. The first-order valence-corrected chi connectivity index (χ1v) is 9.98. The first-order valence-electron chi connectivity index (χ1n) is 9.98. The van der Waals surface area contributed by atoms with Crippen LogP contribution in [-0.4, -0.2) is 80.7 Å². The molecule has 0 spiro atoms. The van der Waals surface area contributed by atoms with Gasteiger partial charge in [0.15, 0.2) is 5.96 Å². The molecule has 0 radical (unpaired) electrons. The van der Waals surface area contributed by atoms with Crippen LogP contribution in [0.3, 0.4) is 0 Å². The lowest BCUT2D eigenvalue weighted by atomic mass is 10.1. The van der Waals surface area contributed by atoms with E-state index in [4.69, 9.17) is 4.74 Å². The van der Waals surface area contributed by atoms with Gasteiger partial charge in [0.1, 0.15) is 5.82 Å². The first-order chi connectivity index (χ1) is 13.6. The molecular formula is C20H30FN5O2. The van der Waals surface area contributed by atoms with Crippen LogP contribution < -0.4 is 10.2 Å². The zero-order valence-electron chi connectivity index (χ0n) is 16.8. The molecule has 28 heavy (non-hydrogen) atoms. The second kappa shape index (κ2) is 9.73. The van der Waals surface area contributed by atoms with E-state index >= 15 is 0 Å². The SMILES string of the molecule is CCNC(=NCc1ccc(N2CCOCC2)c(F)c1)N1CCN(C(C)=O)CC1. The highest BCUT2D eigenvalue weighted by Gasteiger charge is 2.21. The van der Waals surface area contributed by atoms with Crippen LogP contribution in [0.5, 0.6) is 0 Å². The van der Waals surface area contributed by atoms with Crippen LogP contribution in [0.25, 0.3) is 0 Å². The zero-order valence-corrected chi connectivity index (χ0v) is 16.8. The van der Waals surface area contributed by atoms with E-state index in [-0.39, 0.29) is 11.7 Å². The van der Waals surface area contributed by atoms with E-state index in [1.165, 1.54) is 0 Å². The maximum Gasteiger partial charge on any atom is 0.219 e. The maximum absolute atomic E-state index is 14.6. The largest absolute Gasteiger partial charge is 0.378 e. The summed E-state index contributed by atoms with van der Waals surface area (Å²) in [5.41, 5.74) is 1.47. The van der Waals surface area contributed by atoms with Crippen molar-refractivity contribution in [3.8, 4) is 0 Å². The van der Waals surface area contributed by atoms with Crippen LogP contribution in [0.1, 0.15) is 19.4 Å². The summed E-state index contributed by atoms with van der Waals surface area (Å²) in [6.45, 7) is 10.4. The van der Waals surface area contributed by atoms with Crippen molar-refractivity contribution in [2.75, 3.05) is 63.9 Å². The predicted octanol–water partition coefficient (Wildman–Crippen LogP) is 1.29. The number of nitrogens with zero attached hydrogens (tertiary/aromatic N) is 4. The first kappa shape index (κ1) is 20.4. The minimum Gasteiger partial charge on any atom is -0.378 e. The monoisotopic (exact) mass is 391 g/mol. The van der Waals surface area contributed by atoms with E-state index in [9.17, 15) is 9.18 Å². The number of piperazine rings is 1. The molecule has 0 aliphatic carbocycles. The quantitative estimate of drug-likeness (QED) is 0.619. The number of anilines is 1. The van der Waals surface area contributed by atoms with Gasteiger partial charge < -0.3 is 24.8 Å². The second-order valence-electron chi connectivity index (χ2n) is 7.05. The Labute approximate surface area is 166 Å². The van der Waals surface area contributed by atoms with Gasteiger partial charge in [0.05, 0.1) is 25.4 Å². The van der Waals surface area contributed by atoms with Gasteiger partial charge >= 0.3 is 0 Å². The van der Waals surface area contributed by atoms with Crippen molar-refractivity contribution in [2.45, 2.75) is 20.4 Å². The van der Waals surface area contributed by atoms with Gasteiger partial charge in [-0.15, -0.1) is 0 Å². The third-order valence-electron chi connectivity index (χ3n) is 5.13. The third-order valence-corrected chi connectivity index (χ3v) is 5.13. The van der Waals surface area contributed by atoms with Gasteiger partial charge in [0.2, 0.25) is 5.91 Å². The summed E-state index contributed by atoms with van der Waals surface area (Å²) < 4.78 is 19.9. The van der Waals surface area contributed by atoms with Crippen molar-refractivity contribution in [3.05, 3.63) is 29.6 Å². The molecule has 0 saturated carbocycles. The van der Waals surface area contributed by atoms with E-state index in [0.29, 0.717) is 51.6 Å². The Bertz CT molecular complexity index is 698. The third kappa shape index (κ3) is 5.13. The molecule has 154 valence electrons. The Balaban J connectivity index is 1.64. The maximum atomic E-state index is 14.6. The summed E-state index contributed by atoms with van der Waals surface area (Å²) >= 11 is 0. The second-order valence-corrected chi connectivity index (χ2v) is 7.05. The highest BCUT2D eigenvalue weighted by atomic mass is 19.1. The highest BCUT2D eigenvalue weighted by molar-refractivity contribution is 5.80. The fourth-order valence-electron chi connectivity index (χ4n) is 3.53. The van der Waals surface area contributed by atoms with Crippen LogP contribution in [0, 0.1) is 5.82 Å². The molecule has 0 atom stereocenters. The number of carbonyl (C=O) groups is 1. The van der Waals surface area contributed by atoms with E-state index < -0.39 is 0 Å². The highest BCUT2D eigenvalue weighted by Crippen LogP contribution is 2.22. The number of halogens is 1. The van der Waals surface area contributed by atoms with Crippen LogP contribution >= 0.6 is 0 Å². The Hall–Kier alpha value is -2.35. The van der Waals surface area contributed by atoms with Gasteiger partial charge in [-0.3, -0.25) is 4.79 Å². The fraction of sp³-hybridized carbons (Fsp3) is 0.600. The topological polar surface area (TPSA) is 60.4 Å². The number of nitrogens with one attached hydrogen (secondary N) is 1. The molecule has 2 aliphatic rings. The molecule has 2 saturated heterocycles. The number of carbonyl (C=O) groups excluding carboxylic acids is 1. The molecule has 1 aromatic carbocycles. The Morgan fingerprint density at radius 3 is 2.43 bits per heavy atom. The molecule has 2 aliphatic heterocycles. The van der Waals surface area contributed by atoms with Gasteiger partial charge in [0, 0.05) is 52.7 Å². The summed E-state index contributed by atoms with van der Waals surface area (Å²) in [7, 11) is 0. The van der Waals surface area contributed by atoms with Crippen LogP contribution in [0.2, 0.25) is 0 Å². The van der Waals surface area contributed by atoms with Gasteiger partial charge in [-0.05, 0) is 24.6 Å². The van der Waals surface area contributed by atoms with Crippen LogP contribution in [-0.2, 0) is 16.1 Å². The predicted molar refractivity (Wildman–Crippen MR) is 108 cm³/mol. The number of aliphatic imine (C=N–C) groups is 1. The Kier molecular flexibility index (Phi) is 7.08. The molecule has 8 heteroatoms. The number of ether oxygens (including phenoxy) is 1. The van der Waals surface area contributed by atoms with E-state index in [2.05, 4.69) is 15.2 Å². The normalized spacial score (nSPS) is 18.4. The van der Waals surface area contributed by atoms with Crippen LogP contribution in [0.15, 0.2) is 23.2 Å². The molecule has 2 fully saturated rings. The van der Waals surface area contributed by atoms with Crippen molar-refractivity contribution < 1.29 is 13.9 Å². The van der Waals surface area contributed by atoms with Crippen molar-refractivity contribution in [3.63, 3.8) is 0 Å². The number of rotatable bonds is 4. The van der Waals surface area contributed by atoms with Gasteiger partial charge in [0.25, 0.3) is 0 Å². The lowest BCUT2D eigenvalue weighted by molar-refractivity contribution is -0.130. The molecule has 0 bridgehead atoms. The lowest BCUT2D eigenvalue weighted by Gasteiger charge is -2.36. The van der Waals surface area contributed by atoms with Gasteiger partial charge in [-0.25, -0.2) is 9.38 Å². The zero-order chi connectivity index (χ0) is 19.9. The van der Waals surface area contributed by atoms with Crippen molar-refractivity contribution in [1.29, 1.82) is 0 Å². The van der Waals surface area contributed by atoms with Crippen molar-refractivity contribution >= 4 is 17.6 Å². The molecule has 0 aromatic heterocycles. The molecular weight excluding hydrogens is 361 g/mol. The number of hydrogen-bond acceptors (Lipinski definition) is 4. The molecule has 1 N–H and O–H groups in total. The summed E-state index contributed by atoms with van der Waals surface area (Å²) in [4.78, 5) is 22.2. The van der Waals surface area contributed by atoms with E-state index in [1.54, 1.807) is 13.0 Å². The van der Waals surface area contributed by atoms with E-state index in [1.807, 2.05) is 28.9 Å². The van der Waals surface area contributed by atoms with Crippen LogP contribution in [0.4, 0.5) is 10.1 Å². The summed E-state index contributed by atoms with van der Waals surface area (Å²) in [6.07, 6.45) is 0. The molecule has 2 heterocycles. The smallest absolute Gasteiger partial charge is 0.219 e. The minimum atomic E-state index is -0.213. The van der Waals surface area contributed by atoms with E-state index in [0.717, 1.165) is 31.2 Å². The average Bonchev–Trinajstić information content (AvgIpc) is 2.72. The number of amides is 1. The number of guanidine groups is 1. The standard InChI is InChI=1S/C20H30FN5O2/c1-3-22-20(26-8-6-24(7-9-26)16(2)27)23-15-17-4-5-19(18(21)14-17)25-10-12-28-13-11-25/h4-5,14H,3,6-13,15H2,1-2H3,(H,22,23). The van der Waals surface area contributed by atoms with Gasteiger partial charge in [-0.1, -0.05) is 6.07 Å². The molecule has 3 rings (SSSR count). The summed E-state index contributed by atoms with van der Waals surface area (Å²) in [5, 5.41) is 3.30. The average molecular weight is 391 g/mol. The summed E-state index contributed by atoms with van der Waals surface area (Å²) in [5.74, 6) is 0.704. The van der Waals surface area contributed by atoms with Crippen molar-refractivity contribution in [2.24, 2.45) is 4.99 Å². The minimum absolute atomic E-state index is 0.109. The molecule has 7 nitrogen and oxygen atoms in total. The van der Waals surface area contributed by atoms with Gasteiger partial charge in [-0.2, -0.15) is 0 Å². The number of benzene rings is 1. The number of morpholine rings is 1. The Morgan fingerprint density at radius 1 is 1.14 bits per heavy atom. The molecule has 0 unspecified atom stereocenters. The number of hydrogen-bond donors (Lipinski definition) is 1. The lowest BCUT2D eigenvalue weighted by Crippen LogP contribution is -2.53. The van der Waals surface area contributed by atoms with Crippen molar-refractivity contribution in [1.82, 2.24) is 15.1 Å². The Morgan fingerprint density at radius 2 is 1.82 bits per heavy atom. The molecule has 1 aromatic rings.